The molecule has 0 fully saturated rings. The Hall–Kier alpha value is -2.24. The van der Waals surface area contributed by atoms with Gasteiger partial charge in [-0.05, 0) is 37.7 Å². The maximum absolute atomic E-state index is 12.2. The maximum Gasteiger partial charge on any atom is 0.234 e. The van der Waals surface area contributed by atoms with E-state index in [2.05, 4.69) is 5.32 Å². The van der Waals surface area contributed by atoms with Crippen molar-refractivity contribution in [1.82, 2.24) is 10.2 Å². The number of ether oxygens (including phenoxy) is 2. The highest BCUT2D eigenvalue weighted by atomic mass is 35.5. The lowest BCUT2D eigenvalue weighted by Gasteiger charge is -2.20. The minimum Gasteiger partial charge on any atom is -0.493 e. The molecule has 0 aliphatic rings. The summed E-state index contributed by atoms with van der Waals surface area (Å²) in [5, 5.41) is 3.62. The van der Waals surface area contributed by atoms with E-state index in [9.17, 15) is 4.79 Å². The van der Waals surface area contributed by atoms with Crippen molar-refractivity contribution < 1.29 is 14.3 Å². The molecule has 6 heteroatoms. The summed E-state index contributed by atoms with van der Waals surface area (Å²) in [6.45, 7) is 3.28. The van der Waals surface area contributed by atoms with Crippen molar-refractivity contribution in [3.05, 3.63) is 59.1 Å². The van der Waals surface area contributed by atoms with E-state index in [4.69, 9.17) is 21.1 Å². The molecule has 1 atom stereocenters. The predicted octanol–water partition coefficient (Wildman–Crippen LogP) is 3.54. The molecular formula is C20H25ClN2O3. The van der Waals surface area contributed by atoms with Gasteiger partial charge in [0.15, 0.2) is 11.5 Å². The lowest BCUT2D eigenvalue weighted by Crippen LogP contribution is -2.38. The first-order valence-electron chi connectivity index (χ1n) is 8.49. The molecule has 0 unspecified atom stereocenters. The number of hydrogen-bond donors (Lipinski definition) is 1. The first-order chi connectivity index (χ1) is 12.5. The first-order valence-corrected chi connectivity index (χ1v) is 8.87. The molecule has 0 aliphatic heterocycles. The van der Waals surface area contributed by atoms with E-state index >= 15 is 0 Å². The number of benzene rings is 2. The van der Waals surface area contributed by atoms with E-state index < -0.39 is 0 Å². The molecule has 5 nitrogen and oxygen atoms in total. The van der Waals surface area contributed by atoms with Crippen LogP contribution in [0.15, 0.2) is 48.5 Å². The molecular weight excluding hydrogens is 352 g/mol. The van der Waals surface area contributed by atoms with Crippen molar-refractivity contribution in [2.24, 2.45) is 0 Å². The number of amides is 1. The zero-order chi connectivity index (χ0) is 18.9. The molecule has 1 N–H and O–H groups in total. The molecule has 26 heavy (non-hydrogen) atoms. The number of carbonyl (C=O) groups is 1. The standard InChI is InChI=1S/C20H25ClN2O3/c1-15(16-8-4-5-9-17(16)21)22-20(24)14-23(2)12-13-26-19-11-7-6-10-18(19)25-3/h4-11,15H,12-14H2,1-3H3,(H,22,24)/t15-/m1/s1. The Kier molecular flexibility index (Phi) is 7.75. The highest BCUT2D eigenvalue weighted by molar-refractivity contribution is 6.31. The second-order valence-electron chi connectivity index (χ2n) is 6.05. The number of nitrogens with one attached hydrogen (secondary N) is 1. The average Bonchev–Trinajstić information content (AvgIpc) is 2.62. The SMILES string of the molecule is COc1ccccc1OCCN(C)CC(=O)N[C@H](C)c1ccccc1Cl. The summed E-state index contributed by atoms with van der Waals surface area (Å²) in [4.78, 5) is 14.1. The van der Waals surface area contributed by atoms with E-state index in [1.54, 1.807) is 7.11 Å². The zero-order valence-electron chi connectivity index (χ0n) is 15.4. The molecule has 0 radical (unpaired) electrons. The summed E-state index contributed by atoms with van der Waals surface area (Å²) in [7, 11) is 3.49. The molecule has 0 saturated heterocycles. The van der Waals surface area contributed by atoms with Gasteiger partial charge in [-0.1, -0.05) is 41.9 Å². The molecule has 140 valence electrons. The van der Waals surface area contributed by atoms with Crippen LogP contribution in [0, 0.1) is 0 Å². The largest absolute Gasteiger partial charge is 0.493 e. The second-order valence-corrected chi connectivity index (χ2v) is 6.46. The molecule has 0 saturated carbocycles. The number of nitrogens with zero attached hydrogens (tertiary/aromatic N) is 1. The van der Waals surface area contributed by atoms with E-state index in [1.807, 2.05) is 67.4 Å². The van der Waals surface area contributed by atoms with Gasteiger partial charge in [-0.25, -0.2) is 0 Å². The van der Waals surface area contributed by atoms with Crippen LogP contribution in [0.4, 0.5) is 0 Å². The van der Waals surface area contributed by atoms with E-state index in [0.717, 1.165) is 5.56 Å². The minimum absolute atomic E-state index is 0.0581. The van der Waals surface area contributed by atoms with Crippen molar-refractivity contribution in [3.8, 4) is 11.5 Å². The van der Waals surface area contributed by atoms with Gasteiger partial charge >= 0.3 is 0 Å². The van der Waals surface area contributed by atoms with Gasteiger partial charge in [0.05, 0.1) is 19.7 Å². The van der Waals surface area contributed by atoms with E-state index in [-0.39, 0.29) is 18.5 Å². The highest BCUT2D eigenvalue weighted by Crippen LogP contribution is 2.25. The maximum atomic E-state index is 12.2. The molecule has 0 heterocycles. The van der Waals surface area contributed by atoms with Gasteiger partial charge in [0.1, 0.15) is 6.61 Å². The van der Waals surface area contributed by atoms with E-state index in [1.165, 1.54) is 0 Å². The van der Waals surface area contributed by atoms with Crippen LogP contribution in [0.1, 0.15) is 18.5 Å². The van der Waals surface area contributed by atoms with Gasteiger partial charge in [0.2, 0.25) is 5.91 Å². The monoisotopic (exact) mass is 376 g/mol. The van der Waals surface area contributed by atoms with Crippen molar-refractivity contribution in [1.29, 1.82) is 0 Å². The summed E-state index contributed by atoms with van der Waals surface area (Å²) in [6, 6.07) is 14.9. The molecule has 2 aromatic carbocycles. The lowest BCUT2D eigenvalue weighted by atomic mass is 10.1. The summed E-state index contributed by atoms with van der Waals surface area (Å²) in [5.41, 5.74) is 0.907. The molecule has 0 aliphatic carbocycles. The van der Waals surface area contributed by atoms with Gasteiger partial charge in [0, 0.05) is 11.6 Å². The summed E-state index contributed by atoms with van der Waals surface area (Å²) >= 11 is 6.17. The highest BCUT2D eigenvalue weighted by Gasteiger charge is 2.14. The number of methoxy groups -OCH3 is 1. The third-order valence-electron chi connectivity index (χ3n) is 3.96. The number of rotatable bonds is 9. The van der Waals surface area contributed by atoms with Gasteiger partial charge in [0.25, 0.3) is 0 Å². The fourth-order valence-corrected chi connectivity index (χ4v) is 2.86. The van der Waals surface area contributed by atoms with Crippen LogP contribution in [0.3, 0.4) is 0 Å². The molecule has 0 aromatic heterocycles. The van der Waals surface area contributed by atoms with Crippen LogP contribution in [0.25, 0.3) is 0 Å². The average molecular weight is 377 g/mol. The van der Waals surface area contributed by atoms with Gasteiger partial charge in [-0.2, -0.15) is 0 Å². The van der Waals surface area contributed by atoms with Crippen molar-refractivity contribution in [3.63, 3.8) is 0 Å². The Morgan fingerprint density at radius 1 is 1.15 bits per heavy atom. The third-order valence-corrected chi connectivity index (χ3v) is 4.31. The van der Waals surface area contributed by atoms with Crippen molar-refractivity contribution in [2.75, 3.05) is 33.9 Å². The van der Waals surface area contributed by atoms with Gasteiger partial charge in [-0.15, -0.1) is 0 Å². The Morgan fingerprint density at radius 3 is 2.50 bits per heavy atom. The zero-order valence-corrected chi connectivity index (χ0v) is 16.1. The number of likely N-dealkylation sites (N-methyl/N-ethyl adjacent to an activating group) is 1. The van der Waals surface area contributed by atoms with Gasteiger partial charge < -0.3 is 14.8 Å². The van der Waals surface area contributed by atoms with Crippen LogP contribution >= 0.6 is 11.6 Å². The number of halogens is 1. The summed E-state index contributed by atoms with van der Waals surface area (Å²) in [6.07, 6.45) is 0. The Balaban J connectivity index is 1.76. The number of para-hydroxylation sites is 2. The molecule has 0 spiro atoms. The Morgan fingerprint density at radius 2 is 1.81 bits per heavy atom. The lowest BCUT2D eigenvalue weighted by molar-refractivity contribution is -0.122. The van der Waals surface area contributed by atoms with Crippen LogP contribution in [-0.2, 0) is 4.79 Å². The van der Waals surface area contributed by atoms with E-state index in [0.29, 0.717) is 29.7 Å². The quantitative estimate of drug-likeness (QED) is 0.727. The van der Waals surface area contributed by atoms with Crippen molar-refractivity contribution >= 4 is 17.5 Å². The Bertz CT molecular complexity index is 724. The fraction of sp³-hybridized carbons (Fsp3) is 0.350. The van der Waals surface area contributed by atoms with Crippen LogP contribution < -0.4 is 14.8 Å². The first kappa shape index (κ1) is 20.1. The molecule has 0 bridgehead atoms. The minimum atomic E-state index is -0.144. The summed E-state index contributed by atoms with van der Waals surface area (Å²) < 4.78 is 11.0. The van der Waals surface area contributed by atoms with Crippen LogP contribution in [-0.4, -0.2) is 44.7 Å². The predicted molar refractivity (Wildman–Crippen MR) is 104 cm³/mol. The van der Waals surface area contributed by atoms with Crippen LogP contribution in [0.5, 0.6) is 11.5 Å². The normalized spacial score (nSPS) is 11.9. The smallest absolute Gasteiger partial charge is 0.234 e. The number of carbonyl (C=O) groups excluding carboxylic acids is 1. The fourth-order valence-electron chi connectivity index (χ4n) is 2.56. The Labute approximate surface area is 159 Å². The molecule has 1 amide bonds. The molecule has 2 aromatic rings. The topological polar surface area (TPSA) is 50.8 Å². The molecule has 2 rings (SSSR count). The van der Waals surface area contributed by atoms with Crippen molar-refractivity contribution in [2.45, 2.75) is 13.0 Å². The van der Waals surface area contributed by atoms with Gasteiger partial charge in [-0.3, -0.25) is 9.69 Å². The number of hydrogen-bond acceptors (Lipinski definition) is 4. The second kappa shape index (κ2) is 10.0. The van der Waals surface area contributed by atoms with Crippen LogP contribution in [0.2, 0.25) is 5.02 Å². The summed E-state index contributed by atoms with van der Waals surface area (Å²) in [5.74, 6) is 1.33. The third kappa shape index (κ3) is 5.93.